The van der Waals surface area contributed by atoms with Crippen molar-refractivity contribution < 1.29 is 13.5 Å². The molecule has 1 aliphatic carbocycles. The van der Waals surface area contributed by atoms with Gasteiger partial charge in [-0.25, -0.2) is 18.4 Å². The van der Waals surface area contributed by atoms with Crippen LogP contribution in [0.3, 0.4) is 0 Å². The second kappa shape index (κ2) is 8.85. The predicted molar refractivity (Wildman–Crippen MR) is 136 cm³/mol. The van der Waals surface area contributed by atoms with Crippen LogP contribution in [0.25, 0.3) is 22.2 Å². The summed E-state index contributed by atoms with van der Waals surface area (Å²) in [6.07, 6.45) is 9.72. The standard InChI is InChI=1S/C25H33N5O3S/c1-25(31)11-6-17(7-12-25)28-24-26-13-8-20(29-24)19-16-27-21-4-3-5-22(23(19)21)30-14-9-18(10-15-30)34(2,32)33/h3-5,8,13,16-18,27,31H,6-7,9-12,14-15H2,1-2H3,(H,26,28,29). The molecule has 1 aromatic carbocycles. The summed E-state index contributed by atoms with van der Waals surface area (Å²) in [4.78, 5) is 14.9. The van der Waals surface area contributed by atoms with Crippen molar-refractivity contribution in [1.82, 2.24) is 15.0 Å². The van der Waals surface area contributed by atoms with Gasteiger partial charge in [0.05, 0.1) is 16.5 Å². The van der Waals surface area contributed by atoms with Crippen LogP contribution < -0.4 is 10.2 Å². The summed E-state index contributed by atoms with van der Waals surface area (Å²) in [5.41, 5.74) is 3.40. The third-order valence-corrected chi connectivity index (χ3v) is 9.08. The van der Waals surface area contributed by atoms with E-state index < -0.39 is 15.4 Å². The summed E-state index contributed by atoms with van der Waals surface area (Å²) in [7, 11) is -3.01. The number of anilines is 2. The Hall–Kier alpha value is -2.65. The Labute approximate surface area is 200 Å². The van der Waals surface area contributed by atoms with E-state index in [9.17, 15) is 13.5 Å². The third-order valence-electron chi connectivity index (χ3n) is 7.40. The molecule has 0 bridgehead atoms. The number of H-pyrrole nitrogens is 1. The molecule has 2 aliphatic rings. The molecule has 9 heteroatoms. The molecule has 5 rings (SSSR count). The van der Waals surface area contributed by atoms with E-state index in [0.29, 0.717) is 31.9 Å². The first-order valence-corrected chi connectivity index (χ1v) is 14.0. The second-order valence-corrected chi connectivity index (χ2v) is 12.4. The monoisotopic (exact) mass is 483 g/mol. The zero-order chi connectivity index (χ0) is 23.9. The minimum Gasteiger partial charge on any atom is -0.390 e. The highest BCUT2D eigenvalue weighted by Crippen LogP contribution is 2.37. The first-order valence-electron chi connectivity index (χ1n) is 12.1. The molecule has 8 nitrogen and oxygen atoms in total. The molecule has 3 aromatic rings. The van der Waals surface area contributed by atoms with Gasteiger partial charge in [0, 0.05) is 59.9 Å². The Balaban J connectivity index is 1.40. The van der Waals surface area contributed by atoms with Gasteiger partial charge in [0.15, 0.2) is 0 Å². The fraction of sp³-hybridized carbons (Fsp3) is 0.520. The van der Waals surface area contributed by atoms with E-state index in [1.54, 1.807) is 6.20 Å². The molecule has 0 radical (unpaired) electrons. The van der Waals surface area contributed by atoms with E-state index >= 15 is 0 Å². The molecule has 182 valence electrons. The van der Waals surface area contributed by atoms with E-state index in [4.69, 9.17) is 4.98 Å². The molecule has 3 heterocycles. The average molecular weight is 484 g/mol. The number of rotatable bonds is 5. The number of hydrogen-bond acceptors (Lipinski definition) is 7. The molecule has 1 saturated carbocycles. The normalized spacial score (nSPS) is 24.4. The van der Waals surface area contributed by atoms with E-state index in [0.717, 1.165) is 53.5 Å². The molecule has 2 fully saturated rings. The van der Waals surface area contributed by atoms with E-state index in [1.807, 2.05) is 25.3 Å². The quantitative estimate of drug-likeness (QED) is 0.507. The number of nitrogens with zero attached hydrogens (tertiary/aromatic N) is 3. The number of fused-ring (bicyclic) bond motifs is 1. The van der Waals surface area contributed by atoms with Crippen LogP contribution in [0.1, 0.15) is 45.4 Å². The number of aromatic nitrogens is 3. The van der Waals surface area contributed by atoms with Crippen LogP contribution in [-0.2, 0) is 9.84 Å². The van der Waals surface area contributed by atoms with Crippen molar-refractivity contribution in [3.05, 3.63) is 36.7 Å². The van der Waals surface area contributed by atoms with Gasteiger partial charge in [0.1, 0.15) is 9.84 Å². The first-order chi connectivity index (χ1) is 16.2. The van der Waals surface area contributed by atoms with Gasteiger partial charge in [0.2, 0.25) is 5.95 Å². The number of aromatic amines is 1. The molecule has 3 N–H and O–H groups in total. The average Bonchev–Trinajstić information content (AvgIpc) is 3.25. The largest absolute Gasteiger partial charge is 0.390 e. The van der Waals surface area contributed by atoms with E-state index in [2.05, 4.69) is 32.3 Å². The number of benzene rings is 1. The van der Waals surface area contributed by atoms with Gasteiger partial charge in [-0.3, -0.25) is 0 Å². The zero-order valence-corrected chi connectivity index (χ0v) is 20.6. The number of nitrogens with one attached hydrogen (secondary N) is 2. The van der Waals surface area contributed by atoms with Crippen molar-refractivity contribution in [2.45, 2.75) is 62.3 Å². The van der Waals surface area contributed by atoms with Crippen molar-refractivity contribution in [3.8, 4) is 11.3 Å². The highest BCUT2D eigenvalue weighted by Gasteiger charge is 2.30. The minimum atomic E-state index is -3.01. The molecule has 34 heavy (non-hydrogen) atoms. The zero-order valence-electron chi connectivity index (χ0n) is 19.8. The van der Waals surface area contributed by atoms with Crippen molar-refractivity contribution in [2.24, 2.45) is 0 Å². The van der Waals surface area contributed by atoms with Crippen LogP contribution in [0.15, 0.2) is 36.7 Å². The molecule has 0 amide bonds. The Morgan fingerprint density at radius 3 is 2.59 bits per heavy atom. The number of aliphatic hydroxyl groups is 1. The van der Waals surface area contributed by atoms with Crippen LogP contribution >= 0.6 is 0 Å². The molecule has 2 aromatic heterocycles. The molecular weight excluding hydrogens is 450 g/mol. The van der Waals surface area contributed by atoms with Crippen molar-refractivity contribution in [2.75, 3.05) is 29.6 Å². The molecule has 0 atom stereocenters. The molecule has 1 saturated heterocycles. The van der Waals surface area contributed by atoms with Gasteiger partial charge in [0.25, 0.3) is 0 Å². The van der Waals surface area contributed by atoms with Crippen LogP contribution in [0, 0.1) is 0 Å². The summed E-state index contributed by atoms with van der Waals surface area (Å²) < 4.78 is 24.0. The fourth-order valence-electron chi connectivity index (χ4n) is 5.30. The van der Waals surface area contributed by atoms with Crippen molar-refractivity contribution in [3.63, 3.8) is 0 Å². The van der Waals surface area contributed by atoms with E-state index in [-0.39, 0.29) is 11.3 Å². The second-order valence-electron chi connectivity index (χ2n) is 10.1. The topological polar surface area (TPSA) is 111 Å². The molecule has 0 spiro atoms. The van der Waals surface area contributed by atoms with Gasteiger partial charge in [-0.1, -0.05) is 6.07 Å². The minimum absolute atomic E-state index is 0.255. The lowest BCUT2D eigenvalue weighted by atomic mass is 9.84. The smallest absolute Gasteiger partial charge is 0.223 e. The Kier molecular flexibility index (Phi) is 6.02. The third kappa shape index (κ3) is 4.77. The lowest BCUT2D eigenvalue weighted by molar-refractivity contribution is 0.0195. The molecular formula is C25H33N5O3S. The van der Waals surface area contributed by atoms with Gasteiger partial charge in [-0.05, 0) is 63.6 Å². The van der Waals surface area contributed by atoms with E-state index in [1.165, 1.54) is 6.26 Å². The number of piperidine rings is 1. The highest BCUT2D eigenvalue weighted by molar-refractivity contribution is 7.91. The van der Waals surface area contributed by atoms with Crippen LogP contribution in [0.2, 0.25) is 0 Å². The Bertz CT molecular complexity index is 1270. The first kappa shape index (κ1) is 23.1. The summed E-state index contributed by atoms with van der Waals surface area (Å²) in [5.74, 6) is 0.602. The maximum Gasteiger partial charge on any atom is 0.223 e. The maximum atomic E-state index is 12.0. The maximum absolute atomic E-state index is 12.0. The van der Waals surface area contributed by atoms with Crippen LogP contribution in [0.4, 0.5) is 11.6 Å². The summed E-state index contributed by atoms with van der Waals surface area (Å²) in [6.45, 7) is 3.33. The lowest BCUT2D eigenvalue weighted by Gasteiger charge is -2.33. The van der Waals surface area contributed by atoms with Gasteiger partial charge >= 0.3 is 0 Å². The van der Waals surface area contributed by atoms with Crippen molar-refractivity contribution in [1.29, 1.82) is 0 Å². The summed E-state index contributed by atoms with van der Waals surface area (Å²) >= 11 is 0. The van der Waals surface area contributed by atoms with Crippen LogP contribution in [-0.4, -0.2) is 64.7 Å². The Morgan fingerprint density at radius 2 is 1.88 bits per heavy atom. The molecule has 1 aliphatic heterocycles. The fourth-order valence-corrected chi connectivity index (χ4v) is 6.37. The predicted octanol–water partition coefficient (Wildman–Crippen LogP) is 3.74. The SMILES string of the molecule is CC1(O)CCC(Nc2nccc(-c3c[nH]c4cccc(N5CCC(S(C)(=O)=O)CC5)c34)n2)CC1. The van der Waals surface area contributed by atoms with Crippen molar-refractivity contribution >= 4 is 32.4 Å². The summed E-state index contributed by atoms with van der Waals surface area (Å²) in [5, 5.41) is 14.5. The van der Waals surface area contributed by atoms with Gasteiger partial charge in [-0.15, -0.1) is 0 Å². The highest BCUT2D eigenvalue weighted by atomic mass is 32.2. The molecule has 0 unspecified atom stereocenters. The Morgan fingerprint density at radius 1 is 1.15 bits per heavy atom. The van der Waals surface area contributed by atoms with Gasteiger partial charge in [-0.2, -0.15) is 0 Å². The number of sulfone groups is 1. The van der Waals surface area contributed by atoms with Gasteiger partial charge < -0.3 is 20.3 Å². The summed E-state index contributed by atoms with van der Waals surface area (Å²) in [6, 6.07) is 8.37. The number of hydrogen-bond donors (Lipinski definition) is 3. The van der Waals surface area contributed by atoms with Crippen LogP contribution in [0.5, 0.6) is 0 Å². The lowest BCUT2D eigenvalue weighted by Crippen LogP contribution is -2.39.